The second kappa shape index (κ2) is 11.3. The third-order valence-electron chi connectivity index (χ3n) is 2.19. The first-order valence-corrected chi connectivity index (χ1v) is 7.30. The van der Waals surface area contributed by atoms with Crippen LogP contribution in [0.5, 0.6) is 0 Å². The maximum atomic E-state index is 11.0. The fourth-order valence-corrected chi connectivity index (χ4v) is 1.73. The number of halogens is 1. The molecule has 0 saturated heterocycles. The molecule has 0 aliphatic heterocycles. The second-order valence-corrected chi connectivity index (χ2v) is 4.95. The quantitative estimate of drug-likeness (QED) is 0.702. The van der Waals surface area contributed by atoms with Crippen molar-refractivity contribution < 1.29 is 17.3 Å². The number of nitrogens with zero attached hydrogens (tertiary/aromatic N) is 1. The van der Waals surface area contributed by atoms with Crippen LogP contribution in [0, 0.1) is 0 Å². The lowest BCUT2D eigenvalue weighted by Gasteiger charge is -2.13. The van der Waals surface area contributed by atoms with Crippen molar-refractivity contribution >= 4 is 10.1 Å². The maximum Gasteiger partial charge on any atom is 0.297 e. The van der Waals surface area contributed by atoms with Crippen LogP contribution in [-0.2, 0) is 14.5 Å². The van der Waals surface area contributed by atoms with Crippen LogP contribution in [-0.4, -0.2) is 38.7 Å². The van der Waals surface area contributed by atoms with Gasteiger partial charge in [-0.25, -0.2) is 0 Å². The summed E-state index contributed by atoms with van der Waals surface area (Å²) in [7, 11) is -3.85. The van der Waals surface area contributed by atoms with Gasteiger partial charge in [0.05, 0.1) is 5.75 Å². The maximum absolute atomic E-state index is 11.0. The van der Waals surface area contributed by atoms with Crippen molar-refractivity contribution in [1.29, 1.82) is 0 Å². The van der Waals surface area contributed by atoms with Crippen LogP contribution < -0.4 is 0 Å². The molecule has 100 valence electrons. The predicted octanol–water partition coefficient (Wildman–Crippen LogP) is 2.37. The Bertz CT molecular complexity index is 223. The van der Waals surface area contributed by atoms with Gasteiger partial charge in [-0.15, -0.1) is 0 Å². The fourth-order valence-electron chi connectivity index (χ4n) is 1.02. The summed E-state index contributed by atoms with van der Waals surface area (Å²) in [6.45, 7) is 11.9. The molecule has 0 aromatic carbocycles. The summed E-state index contributed by atoms with van der Waals surface area (Å²) in [5.41, 5.74) is 0. The first-order valence-electron chi connectivity index (χ1n) is 5.72. The van der Waals surface area contributed by atoms with Crippen molar-refractivity contribution in [3.63, 3.8) is 0 Å². The summed E-state index contributed by atoms with van der Waals surface area (Å²) in [6, 6.07) is 0. The number of rotatable bonds is 7. The molecule has 0 aromatic heterocycles. The van der Waals surface area contributed by atoms with E-state index in [2.05, 4.69) is 30.1 Å². The lowest BCUT2D eigenvalue weighted by atomic mass is 10.4. The smallest absolute Gasteiger partial charge is 0.297 e. The molecular weight excluding hydrogens is 233 g/mol. The summed E-state index contributed by atoms with van der Waals surface area (Å²) in [4.78, 5) is 2.38. The Morgan fingerprint density at radius 3 is 1.69 bits per heavy atom. The molecule has 0 saturated carbocycles. The Balaban J connectivity index is 0. The van der Waals surface area contributed by atoms with Crippen LogP contribution >= 0.6 is 0 Å². The van der Waals surface area contributed by atoms with Crippen LogP contribution in [0.15, 0.2) is 0 Å². The van der Waals surface area contributed by atoms with Gasteiger partial charge in [-0.1, -0.05) is 38.5 Å². The van der Waals surface area contributed by atoms with Crippen LogP contribution in [0.25, 0.3) is 0 Å². The zero-order chi connectivity index (χ0) is 13.0. The molecule has 6 heteroatoms. The van der Waals surface area contributed by atoms with Gasteiger partial charge in [-0.2, -0.15) is 8.42 Å². The Morgan fingerprint density at radius 1 is 1.06 bits per heavy atom. The van der Waals surface area contributed by atoms with Crippen LogP contribution in [0.3, 0.4) is 0 Å². The second-order valence-electron chi connectivity index (χ2n) is 3.30. The van der Waals surface area contributed by atoms with Gasteiger partial charge < -0.3 is 4.90 Å². The Hall–Kier alpha value is -0.200. The van der Waals surface area contributed by atoms with E-state index in [0.717, 1.165) is 0 Å². The summed E-state index contributed by atoms with van der Waals surface area (Å²) in [5.74, 6) is -0.236. The summed E-state index contributed by atoms with van der Waals surface area (Å²) in [5, 5.41) is 0. The Labute approximate surface area is 98.8 Å². The largest absolute Gasteiger partial charge is 0.304 e. The van der Waals surface area contributed by atoms with E-state index in [4.69, 9.17) is 0 Å². The molecule has 0 unspecified atom stereocenters. The minimum Gasteiger partial charge on any atom is -0.304 e. The van der Waals surface area contributed by atoms with Gasteiger partial charge in [-0.3, -0.25) is 0 Å². The van der Waals surface area contributed by atoms with E-state index < -0.39 is 10.1 Å². The molecule has 0 spiro atoms. The van der Waals surface area contributed by atoms with Crippen molar-refractivity contribution in [2.45, 2.75) is 40.5 Å². The van der Waals surface area contributed by atoms with Gasteiger partial charge in [0.1, 0.15) is 0 Å². The highest BCUT2D eigenvalue weighted by molar-refractivity contribution is 7.86. The molecule has 0 radical (unpaired) electrons. The first-order chi connectivity index (χ1) is 7.47. The van der Waals surface area contributed by atoms with Crippen molar-refractivity contribution in [2.75, 3.05) is 25.4 Å². The van der Waals surface area contributed by atoms with Gasteiger partial charge in [0.15, 0.2) is 0 Å². The van der Waals surface area contributed by atoms with E-state index in [9.17, 15) is 12.9 Å². The molecule has 16 heavy (non-hydrogen) atoms. The number of hydrogen-bond acceptors (Lipinski definition) is 4. The topological polar surface area (TPSA) is 46.6 Å². The summed E-state index contributed by atoms with van der Waals surface area (Å²) in [6.07, 6.45) is 1.15. The molecule has 0 bridgehead atoms. The summed E-state index contributed by atoms with van der Waals surface area (Å²) < 4.78 is 34.0. The SMILES string of the molecule is CCCCS(=O)(=O)OF.CCN(CC)CC. The van der Waals surface area contributed by atoms with Gasteiger partial charge in [0, 0.05) is 0 Å². The average Bonchev–Trinajstić information content (AvgIpc) is 2.30. The highest BCUT2D eigenvalue weighted by atomic mass is 32.2. The first kappa shape index (κ1) is 18.2. The van der Waals surface area contributed by atoms with Gasteiger partial charge in [0.25, 0.3) is 10.1 Å². The monoisotopic (exact) mass is 257 g/mol. The van der Waals surface area contributed by atoms with E-state index in [0.29, 0.717) is 12.8 Å². The molecule has 0 amide bonds. The van der Waals surface area contributed by atoms with Crippen molar-refractivity contribution in [3.05, 3.63) is 0 Å². The lowest BCUT2D eigenvalue weighted by Crippen LogP contribution is -2.21. The summed E-state index contributed by atoms with van der Waals surface area (Å²) >= 11 is 0. The van der Waals surface area contributed by atoms with Gasteiger partial charge in [-0.05, 0) is 30.6 Å². The lowest BCUT2D eigenvalue weighted by molar-refractivity contribution is 0.00290. The van der Waals surface area contributed by atoms with E-state index in [1.807, 2.05) is 6.92 Å². The Morgan fingerprint density at radius 2 is 1.50 bits per heavy atom. The molecule has 0 heterocycles. The third-order valence-corrected chi connectivity index (χ3v) is 3.17. The van der Waals surface area contributed by atoms with Gasteiger partial charge in [0.2, 0.25) is 0 Å². The molecule has 0 atom stereocenters. The highest BCUT2D eigenvalue weighted by Gasteiger charge is 2.08. The highest BCUT2D eigenvalue weighted by Crippen LogP contribution is 1.98. The molecule has 0 aromatic rings. The zero-order valence-electron chi connectivity index (χ0n) is 10.7. The van der Waals surface area contributed by atoms with Crippen molar-refractivity contribution in [3.8, 4) is 0 Å². The number of hydrogen-bond donors (Lipinski definition) is 0. The number of unbranched alkanes of at least 4 members (excludes halogenated alkanes) is 1. The molecular formula is C10H24FNO3S. The van der Waals surface area contributed by atoms with E-state index >= 15 is 0 Å². The standard InChI is InChI=1S/C6H15N.C4H9FO3S/c1-4-7(5-2)6-3;1-2-3-4-9(6,7)8-5/h4-6H2,1-3H3;2-4H2,1H3. The molecule has 0 rings (SSSR count). The van der Waals surface area contributed by atoms with Crippen LogP contribution in [0.2, 0.25) is 0 Å². The average molecular weight is 257 g/mol. The van der Waals surface area contributed by atoms with E-state index in [-0.39, 0.29) is 5.75 Å². The minimum absolute atomic E-state index is 0.236. The molecule has 0 aliphatic rings. The predicted molar refractivity (Wildman–Crippen MR) is 64.3 cm³/mol. The van der Waals surface area contributed by atoms with Crippen LogP contribution in [0.4, 0.5) is 4.53 Å². The molecule has 0 aliphatic carbocycles. The van der Waals surface area contributed by atoms with E-state index in [1.165, 1.54) is 19.6 Å². The Kier molecular flexibility index (Phi) is 12.8. The normalized spacial score (nSPS) is 11.1. The van der Waals surface area contributed by atoms with E-state index in [1.54, 1.807) is 0 Å². The molecule has 0 N–H and O–H groups in total. The van der Waals surface area contributed by atoms with Crippen LogP contribution in [0.1, 0.15) is 40.5 Å². The molecule has 4 nitrogen and oxygen atoms in total. The molecule has 0 fully saturated rings. The zero-order valence-corrected chi connectivity index (χ0v) is 11.5. The van der Waals surface area contributed by atoms with Crippen molar-refractivity contribution in [1.82, 2.24) is 4.90 Å². The minimum atomic E-state index is -3.85. The fraction of sp³-hybridized carbons (Fsp3) is 1.00. The van der Waals surface area contributed by atoms with Gasteiger partial charge >= 0.3 is 0 Å². The third kappa shape index (κ3) is 11.9. The van der Waals surface area contributed by atoms with Crippen molar-refractivity contribution in [2.24, 2.45) is 0 Å².